The number of halogens is 1. The third-order valence-electron chi connectivity index (χ3n) is 3.55. The Balaban J connectivity index is 1.91. The summed E-state index contributed by atoms with van der Waals surface area (Å²) < 4.78 is 10.9. The predicted molar refractivity (Wildman–Crippen MR) is 95.6 cm³/mol. The number of likely N-dealkylation sites (N-methyl/N-ethyl adjacent to an activating group) is 1. The summed E-state index contributed by atoms with van der Waals surface area (Å²) in [5, 5.41) is 0.663. The number of nitrogens with zero attached hydrogens (tertiary/aromatic N) is 1. The summed E-state index contributed by atoms with van der Waals surface area (Å²) in [4.78, 5) is 14.1. The fourth-order valence-electron chi connectivity index (χ4n) is 2.24. The second-order valence-electron chi connectivity index (χ2n) is 5.19. The quantitative estimate of drug-likeness (QED) is 0.719. The molecule has 128 valence electrons. The van der Waals surface area contributed by atoms with Crippen molar-refractivity contribution in [2.45, 2.75) is 20.4 Å². The first-order valence-corrected chi connectivity index (χ1v) is 8.38. The van der Waals surface area contributed by atoms with Crippen LogP contribution in [-0.4, -0.2) is 30.6 Å². The summed E-state index contributed by atoms with van der Waals surface area (Å²) in [6, 6.07) is 14.8. The molecule has 0 atom stereocenters. The van der Waals surface area contributed by atoms with Gasteiger partial charge in [-0.25, -0.2) is 0 Å². The standard InChI is InChI=1S/C19H22ClNO3/c1-3-21(13-15-7-5-6-8-18(15)20)19(22)14-24-17-11-9-16(10-12-17)23-4-2/h5-12H,3-4,13-14H2,1-2H3. The lowest BCUT2D eigenvalue weighted by molar-refractivity contribution is -0.133. The van der Waals surface area contributed by atoms with Gasteiger partial charge in [-0.2, -0.15) is 0 Å². The molecule has 24 heavy (non-hydrogen) atoms. The van der Waals surface area contributed by atoms with E-state index >= 15 is 0 Å². The van der Waals surface area contributed by atoms with E-state index in [0.29, 0.717) is 30.5 Å². The third kappa shape index (κ3) is 5.17. The minimum absolute atomic E-state index is 0.00766. The molecule has 0 aliphatic carbocycles. The number of carbonyl (C=O) groups is 1. The molecule has 0 spiro atoms. The molecular weight excluding hydrogens is 326 g/mol. The largest absolute Gasteiger partial charge is 0.494 e. The topological polar surface area (TPSA) is 38.8 Å². The minimum Gasteiger partial charge on any atom is -0.494 e. The van der Waals surface area contributed by atoms with Gasteiger partial charge in [-0.1, -0.05) is 29.8 Å². The number of hydrogen-bond acceptors (Lipinski definition) is 3. The van der Waals surface area contributed by atoms with Crippen LogP contribution in [0.5, 0.6) is 11.5 Å². The van der Waals surface area contributed by atoms with Gasteiger partial charge in [-0.05, 0) is 49.7 Å². The first-order chi connectivity index (χ1) is 11.6. The monoisotopic (exact) mass is 347 g/mol. The van der Waals surface area contributed by atoms with E-state index in [1.165, 1.54) is 0 Å². The van der Waals surface area contributed by atoms with E-state index in [9.17, 15) is 4.79 Å². The predicted octanol–water partition coefficient (Wildman–Crippen LogP) is 4.17. The molecule has 2 aromatic carbocycles. The van der Waals surface area contributed by atoms with Crippen molar-refractivity contribution in [2.75, 3.05) is 19.8 Å². The maximum absolute atomic E-state index is 12.4. The Morgan fingerprint density at radius 2 is 1.62 bits per heavy atom. The number of amides is 1. The van der Waals surface area contributed by atoms with Crippen LogP contribution < -0.4 is 9.47 Å². The Labute approximate surface area is 147 Å². The van der Waals surface area contributed by atoms with Crippen LogP contribution in [0.2, 0.25) is 5.02 Å². The Kier molecular flexibility index (Phi) is 6.94. The molecule has 2 rings (SSSR count). The summed E-state index contributed by atoms with van der Waals surface area (Å²) >= 11 is 6.16. The molecule has 0 unspecified atom stereocenters. The van der Waals surface area contributed by atoms with Gasteiger partial charge in [0.25, 0.3) is 5.91 Å². The van der Waals surface area contributed by atoms with Crippen molar-refractivity contribution in [1.82, 2.24) is 4.90 Å². The maximum Gasteiger partial charge on any atom is 0.260 e. The zero-order valence-corrected chi connectivity index (χ0v) is 14.8. The average molecular weight is 348 g/mol. The van der Waals surface area contributed by atoms with Crippen LogP contribution in [0.15, 0.2) is 48.5 Å². The van der Waals surface area contributed by atoms with Gasteiger partial charge in [0.1, 0.15) is 11.5 Å². The van der Waals surface area contributed by atoms with Gasteiger partial charge < -0.3 is 14.4 Å². The first kappa shape index (κ1) is 18.1. The zero-order valence-electron chi connectivity index (χ0n) is 14.0. The SMILES string of the molecule is CCOc1ccc(OCC(=O)N(CC)Cc2ccccc2Cl)cc1. The van der Waals surface area contributed by atoms with Gasteiger partial charge in [0.15, 0.2) is 6.61 Å². The average Bonchev–Trinajstić information content (AvgIpc) is 2.60. The molecule has 0 aromatic heterocycles. The summed E-state index contributed by atoms with van der Waals surface area (Å²) in [5.74, 6) is 1.34. The normalized spacial score (nSPS) is 10.3. The van der Waals surface area contributed by atoms with Crippen molar-refractivity contribution >= 4 is 17.5 Å². The third-order valence-corrected chi connectivity index (χ3v) is 3.92. The highest BCUT2D eigenvalue weighted by Crippen LogP contribution is 2.19. The molecule has 0 saturated carbocycles. The highest BCUT2D eigenvalue weighted by atomic mass is 35.5. The molecular formula is C19H22ClNO3. The van der Waals surface area contributed by atoms with E-state index in [0.717, 1.165) is 11.3 Å². The highest BCUT2D eigenvalue weighted by Gasteiger charge is 2.14. The van der Waals surface area contributed by atoms with Crippen LogP contribution in [0.25, 0.3) is 0 Å². The van der Waals surface area contributed by atoms with Gasteiger partial charge in [0, 0.05) is 18.1 Å². The summed E-state index contributed by atoms with van der Waals surface area (Å²) in [6.45, 7) is 5.55. The van der Waals surface area contributed by atoms with Gasteiger partial charge in [-0.15, -0.1) is 0 Å². The Morgan fingerprint density at radius 1 is 1.00 bits per heavy atom. The molecule has 1 amide bonds. The van der Waals surface area contributed by atoms with Gasteiger partial charge in [0.2, 0.25) is 0 Å². The lowest BCUT2D eigenvalue weighted by Crippen LogP contribution is -2.34. The van der Waals surface area contributed by atoms with Gasteiger partial charge in [0.05, 0.1) is 6.61 Å². The van der Waals surface area contributed by atoms with Crippen molar-refractivity contribution < 1.29 is 14.3 Å². The number of rotatable bonds is 8. The van der Waals surface area contributed by atoms with Crippen LogP contribution in [0.3, 0.4) is 0 Å². The minimum atomic E-state index is -0.0775. The molecule has 0 radical (unpaired) electrons. The second kappa shape index (κ2) is 9.18. The fraction of sp³-hybridized carbons (Fsp3) is 0.316. The van der Waals surface area contributed by atoms with E-state index in [1.54, 1.807) is 17.0 Å². The molecule has 2 aromatic rings. The van der Waals surface area contributed by atoms with Crippen LogP contribution in [0, 0.1) is 0 Å². The van der Waals surface area contributed by atoms with Gasteiger partial charge >= 0.3 is 0 Å². The number of carbonyl (C=O) groups excluding carboxylic acids is 1. The van der Waals surface area contributed by atoms with Gasteiger partial charge in [-0.3, -0.25) is 4.79 Å². The summed E-state index contributed by atoms with van der Waals surface area (Å²) in [5.41, 5.74) is 0.926. The number of benzene rings is 2. The van der Waals surface area contributed by atoms with E-state index in [4.69, 9.17) is 21.1 Å². The molecule has 0 aliphatic heterocycles. The molecule has 0 heterocycles. The molecule has 4 nitrogen and oxygen atoms in total. The van der Waals surface area contributed by atoms with E-state index in [-0.39, 0.29) is 12.5 Å². The lowest BCUT2D eigenvalue weighted by Gasteiger charge is -2.21. The molecule has 5 heteroatoms. The molecule has 0 aliphatic rings. The smallest absolute Gasteiger partial charge is 0.260 e. The van der Waals surface area contributed by atoms with Crippen molar-refractivity contribution in [3.63, 3.8) is 0 Å². The fourth-order valence-corrected chi connectivity index (χ4v) is 2.44. The van der Waals surface area contributed by atoms with Crippen LogP contribution in [-0.2, 0) is 11.3 Å². The highest BCUT2D eigenvalue weighted by molar-refractivity contribution is 6.31. The molecule has 0 fully saturated rings. The van der Waals surface area contributed by atoms with Crippen LogP contribution in [0.4, 0.5) is 0 Å². The Hall–Kier alpha value is -2.20. The second-order valence-corrected chi connectivity index (χ2v) is 5.60. The van der Waals surface area contributed by atoms with Crippen LogP contribution in [0.1, 0.15) is 19.4 Å². The van der Waals surface area contributed by atoms with Crippen molar-refractivity contribution in [3.8, 4) is 11.5 Å². The number of hydrogen-bond donors (Lipinski definition) is 0. The molecule has 0 saturated heterocycles. The lowest BCUT2D eigenvalue weighted by atomic mass is 10.2. The summed E-state index contributed by atoms with van der Waals surface area (Å²) in [6.07, 6.45) is 0. The summed E-state index contributed by atoms with van der Waals surface area (Å²) in [7, 11) is 0. The Morgan fingerprint density at radius 3 is 2.21 bits per heavy atom. The Bertz CT molecular complexity index is 658. The van der Waals surface area contributed by atoms with Crippen molar-refractivity contribution in [1.29, 1.82) is 0 Å². The molecule has 0 N–H and O–H groups in total. The van der Waals surface area contributed by atoms with E-state index in [2.05, 4.69) is 0 Å². The first-order valence-electron chi connectivity index (χ1n) is 8.00. The van der Waals surface area contributed by atoms with Crippen molar-refractivity contribution in [2.24, 2.45) is 0 Å². The number of ether oxygens (including phenoxy) is 2. The zero-order chi connectivity index (χ0) is 17.4. The van der Waals surface area contributed by atoms with Crippen molar-refractivity contribution in [3.05, 3.63) is 59.1 Å². The van der Waals surface area contributed by atoms with E-state index in [1.807, 2.05) is 50.2 Å². The van der Waals surface area contributed by atoms with Crippen LogP contribution >= 0.6 is 11.6 Å². The molecule has 0 bridgehead atoms. The maximum atomic E-state index is 12.4. The van der Waals surface area contributed by atoms with E-state index < -0.39 is 0 Å².